The van der Waals surface area contributed by atoms with E-state index in [1.807, 2.05) is 13.0 Å². The third kappa shape index (κ3) is 5.42. The molecule has 0 spiro atoms. The highest BCUT2D eigenvalue weighted by Crippen LogP contribution is 2.28. The fourth-order valence-electron chi connectivity index (χ4n) is 3.10. The first-order chi connectivity index (χ1) is 15.1. The molecule has 0 radical (unpaired) electrons. The van der Waals surface area contributed by atoms with Gasteiger partial charge in [-0.25, -0.2) is 9.78 Å². The SMILES string of the molecule is COc1ccc(NC(=O)Cn2cnc3c(C)cccc3c2=O)cc1NC(=O)OC(C)(C)C. The molecule has 2 aromatic carbocycles. The number of aryl methyl sites for hydroxylation is 1. The van der Waals surface area contributed by atoms with E-state index < -0.39 is 17.6 Å². The molecule has 1 heterocycles. The van der Waals surface area contributed by atoms with E-state index >= 15 is 0 Å². The minimum atomic E-state index is -0.664. The molecule has 0 bridgehead atoms. The maximum Gasteiger partial charge on any atom is 0.412 e. The van der Waals surface area contributed by atoms with Gasteiger partial charge in [-0.05, 0) is 57.5 Å². The lowest BCUT2D eigenvalue weighted by Crippen LogP contribution is -2.28. The zero-order valence-electron chi connectivity index (χ0n) is 18.7. The van der Waals surface area contributed by atoms with Crippen LogP contribution in [-0.2, 0) is 16.1 Å². The van der Waals surface area contributed by atoms with Gasteiger partial charge in [-0.2, -0.15) is 0 Å². The van der Waals surface area contributed by atoms with Crippen molar-refractivity contribution in [3.8, 4) is 5.75 Å². The van der Waals surface area contributed by atoms with Crippen LogP contribution >= 0.6 is 0 Å². The number of ether oxygens (including phenoxy) is 2. The van der Waals surface area contributed by atoms with Gasteiger partial charge in [0.25, 0.3) is 5.56 Å². The Kier molecular flexibility index (Phi) is 6.47. The summed E-state index contributed by atoms with van der Waals surface area (Å²) in [6.07, 6.45) is 0.712. The molecule has 0 aliphatic heterocycles. The second-order valence-corrected chi connectivity index (χ2v) is 8.24. The van der Waals surface area contributed by atoms with Crippen LogP contribution in [-0.4, -0.2) is 34.3 Å². The summed E-state index contributed by atoms with van der Waals surface area (Å²) in [5.41, 5.74) is 1.29. The average molecular weight is 438 g/mol. The van der Waals surface area contributed by atoms with Crippen molar-refractivity contribution in [3.05, 3.63) is 58.6 Å². The molecule has 0 fully saturated rings. The molecule has 3 rings (SSSR count). The summed E-state index contributed by atoms with van der Waals surface area (Å²) in [5.74, 6) is -0.0199. The topological polar surface area (TPSA) is 112 Å². The van der Waals surface area contributed by atoms with Gasteiger partial charge in [0.1, 0.15) is 17.9 Å². The molecule has 0 aliphatic carbocycles. The van der Waals surface area contributed by atoms with Gasteiger partial charge in [-0.1, -0.05) is 12.1 Å². The summed E-state index contributed by atoms with van der Waals surface area (Å²) in [6, 6.07) is 10.1. The number of methoxy groups -OCH3 is 1. The minimum Gasteiger partial charge on any atom is -0.495 e. The molecular weight excluding hydrogens is 412 g/mol. The molecule has 9 nitrogen and oxygen atoms in total. The molecule has 0 atom stereocenters. The second-order valence-electron chi connectivity index (χ2n) is 8.24. The van der Waals surface area contributed by atoms with Crippen molar-refractivity contribution >= 4 is 34.3 Å². The Morgan fingerprint density at radius 3 is 2.56 bits per heavy atom. The largest absolute Gasteiger partial charge is 0.495 e. The molecule has 9 heteroatoms. The molecule has 2 amide bonds. The van der Waals surface area contributed by atoms with Crippen LogP contribution in [0.5, 0.6) is 5.75 Å². The highest BCUT2D eigenvalue weighted by atomic mass is 16.6. The molecule has 0 saturated heterocycles. The lowest BCUT2D eigenvalue weighted by atomic mass is 10.1. The highest BCUT2D eigenvalue weighted by Gasteiger charge is 2.18. The highest BCUT2D eigenvalue weighted by molar-refractivity contribution is 5.93. The van der Waals surface area contributed by atoms with Gasteiger partial charge in [0, 0.05) is 5.69 Å². The number of carbonyl (C=O) groups is 2. The molecule has 1 aromatic heterocycles. The van der Waals surface area contributed by atoms with Gasteiger partial charge in [0.15, 0.2) is 0 Å². The Balaban J connectivity index is 1.76. The van der Waals surface area contributed by atoms with E-state index in [9.17, 15) is 14.4 Å². The first-order valence-corrected chi connectivity index (χ1v) is 10.00. The number of benzene rings is 2. The first kappa shape index (κ1) is 22.8. The smallest absolute Gasteiger partial charge is 0.412 e. The maximum absolute atomic E-state index is 12.7. The van der Waals surface area contributed by atoms with E-state index in [-0.39, 0.29) is 12.1 Å². The summed E-state index contributed by atoms with van der Waals surface area (Å²) >= 11 is 0. The molecular formula is C23H26N4O5. The van der Waals surface area contributed by atoms with Crippen LogP contribution in [0.25, 0.3) is 10.9 Å². The number of carbonyl (C=O) groups excluding carboxylic acids is 2. The predicted octanol–water partition coefficient (Wildman–Crippen LogP) is 3.70. The van der Waals surface area contributed by atoms with Crippen molar-refractivity contribution in [1.82, 2.24) is 9.55 Å². The van der Waals surface area contributed by atoms with Crippen molar-refractivity contribution in [2.75, 3.05) is 17.7 Å². The predicted molar refractivity (Wildman–Crippen MR) is 122 cm³/mol. The van der Waals surface area contributed by atoms with E-state index in [0.717, 1.165) is 5.56 Å². The van der Waals surface area contributed by atoms with E-state index in [0.29, 0.717) is 28.0 Å². The number of hydrogen-bond donors (Lipinski definition) is 2. The molecule has 168 valence electrons. The van der Waals surface area contributed by atoms with Gasteiger partial charge in [0.05, 0.1) is 30.0 Å². The third-order valence-electron chi connectivity index (χ3n) is 4.49. The van der Waals surface area contributed by atoms with E-state index in [1.165, 1.54) is 18.0 Å². The molecule has 32 heavy (non-hydrogen) atoms. The molecule has 3 aromatic rings. The Hall–Kier alpha value is -3.88. The summed E-state index contributed by atoms with van der Waals surface area (Å²) in [7, 11) is 1.47. The standard InChI is InChI=1S/C23H26N4O5/c1-14-7-6-8-16-20(14)24-13-27(21(16)29)12-19(28)25-15-9-10-18(31-5)17(11-15)26-22(30)32-23(2,3)4/h6-11,13H,12H2,1-5H3,(H,25,28)(H,26,30). The molecule has 0 aliphatic rings. The molecule has 2 N–H and O–H groups in total. The lowest BCUT2D eigenvalue weighted by Gasteiger charge is -2.20. The fourth-order valence-corrected chi connectivity index (χ4v) is 3.10. The summed E-state index contributed by atoms with van der Waals surface area (Å²) in [4.78, 5) is 41.7. The maximum atomic E-state index is 12.7. The molecule has 0 saturated carbocycles. The monoisotopic (exact) mass is 438 g/mol. The van der Waals surface area contributed by atoms with Crippen LogP contribution in [0.1, 0.15) is 26.3 Å². The zero-order valence-corrected chi connectivity index (χ0v) is 18.7. The van der Waals surface area contributed by atoms with E-state index in [2.05, 4.69) is 15.6 Å². The number of hydrogen-bond acceptors (Lipinski definition) is 6. The van der Waals surface area contributed by atoms with Crippen LogP contribution in [0.3, 0.4) is 0 Å². The van der Waals surface area contributed by atoms with Gasteiger partial charge < -0.3 is 14.8 Å². The van der Waals surface area contributed by atoms with Crippen LogP contribution in [0.2, 0.25) is 0 Å². The summed E-state index contributed by atoms with van der Waals surface area (Å²) < 4.78 is 11.8. The fraction of sp³-hybridized carbons (Fsp3) is 0.304. The van der Waals surface area contributed by atoms with Crippen LogP contribution in [0.15, 0.2) is 47.5 Å². The number of nitrogens with one attached hydrogen (secondary N) is 2. The van der Waals surface area contributed by atoms with Gasteiger partial charge in [-0.15, -0.1) is 0 Å². The van der Waals surface area contributed by atoms with Crippen molar-refractivity contribution in [2.45, 2.75) is 39.8 Å². The minimum absolute atomic E-state index is 0.212. The van der Waals surface area contributed by atoms with Crippen LogP contribution in [0.4, 0.5) is 16.2 Å². The number of amides is 2. The average Bonchev–Trinajstić information content (AvgIpc) is 2.69. The van der Waals surface area contributed by atoms with E-state index in [1.54, 1.807) is 51.1 Å². The van der Waals surface area contributed by atoms with Gasteiger partial charge in [0.2, 0.25) is 5.91 Å². The Morgan fingerprint density at radius 1 is 1.12 bits per heavy atom. The van der Waals surface area contributed by atoms with Crippen LogP contribution < -0.4 is 20.9 Å². The molecule has 0 unspecified atom stereocenters. The third-order valence-corrected chi connectivity index (χ3v) is 4.49. The van der Waals surface area contributed by atoms with Gasteiger partial charge in [-0.3, -0.25) is 19.5 Å². The number of nitrogens with zero attached hydrogens (tertiary/aromatic N) is 2. The Labute approximate surface area is 185 Å². The zero-order chi connectivity index (χ0) is 23.5. The Morgan fingerprint density at radius 2 is 1.88 bits per heavy atom. The van der Waals surface area contributed by atoms with Crippen LogP contribution in [0, 0.1) is 6.92 Å². The Bertz CT molecular complexity index is 1230. The van der Waals surface area contributed by atoms with Crippen molar-refractivity contribution < 1.29 is 19.1 Å². The second kappa shape index (κ2) is 9.09. The van der Waals surface area contributed by atoms with Gasteiger partial charge >= 0.3 is 6.09 Å². The van der Waals surface area contributed by atoms with E-state index in [4.69, 9.17) is 9.47 Å². The summed E-state index contributed by atoms with van der Waals surface area (Å²) in [6.45, 7) is 6.93. The number of rotatable bonds is 5. The van der Waals surface area contributed by atoms with Crippen molar-refractivity contribution in [1.29, 1.82) is 0 Å². The quantitative estimate of drug-likeness (QED) is 0.628. The number of anilines is 2. The first-order valence-electron chi connectivity index (χ1n) is 10.00. The lowest BCUT2D eigenvalue weighted by molar-refractivity contribution is -0.116. The van der Waals surface area contributed by atoms with Crippen molar-refractivity contribution in [2.24, 2.45) is 0 Å². The summed E-state index contributed by atoms with van der Waals surface area (Å²) in [5, 5.41) is 5.78. The number of fused-ring (bicyclic) bond motifs is 1. The number of para-hydroxylation sites is 1. The number of aromatic nitrogens is 2. The van der Waals surface area contributed by atoms with Crippen molar-refractivity contribution in [3.63, 3.8) is 0 Å². The normalized spacial score (nSPS) is 11.2.